The molecule has 0 radical (unpaired) electrons. The molecule has 2 aromatic rings. The number of fused-ring (bicyclic) bond motifs is 1. The smallest absolute Gasteiger partial charge is 0.352 e. The third-order valence-electron chi connectivity index (χ3n) is 7.77. The number of rotatable bonds is 3. The van der Waals surface area contributed by atoms with E-state index in [2.05, 4.69) is 19.9 Å². The fourth-order valence-corrected chi connectivity index (χ4v) is 6.84. The Morgan fingerprint density at radius 1 is 1.18 bits per heavy atom. The zero-order chi connectivity index (χ0) is 27.6. The molecule has 3 aliphatic rings. The minimum absolute atomic E-state index is 0.0724. The lowest BCUT2D eigenvalue weighted by atomic mass is 9.87. The number of anilines is 3. The second kappa shape index (κ2) is 8.90. The van der Waals surface area contributed by atoms with Crippen LogP contribution >= 0.6 is 0 Å². The lowest BCUT2D eigenvalue weighted by molar-refractivity contribution is -0.141. The highest BCUT2D eigenvalue weighted by Gasteiger charge is 2.51. The number of hydrogen-bond acceptors (Lipinski definition) is 8. The summed E-state index contributed by atoms with van der Waals surface area (Å²) in [6.07, 6.45) is -1.56. The average Bonchev–Trinajstić information content (AvgIpc) is 3.16. The highest BCUT2D eigenvalue weighted by atomic mass is 32.2. The molecule has 202 valence electrons. The summed E-state index contributed by atoms with van der Waals surface area (Å²) in [4.78, 5) is 31.5. The number of aromatic nitrogens is 3. The first-order valence-electron chi connectivity index (χ1n) is 12.3. The first kappa shape index (κ1) is 26.3. The van der Waals surface area contributed by atoms with Gasteiger partial charge in [0.25, 0.3) is 0 Å². The molecule has 38 heavy (non-hydrogen) atoms. The van der Waals surface area contributed by atoms with Crippen LogP contribution in [0.25, 0.3) is 0 Å². The average molecular weight is 548 g/mol. The van der Waals surface area contributed by atoms with Crippen LogP contribution in [0.1, 0.15) is 50.9 Å². The first-order chi connectivity index (χ1) is 17.8. The van der Waals surface area contributed by atoms with Gasteiger partial charge >= 0.3 is 6.18 Å². The van der Waals surface area contributed by atoms with E-state index in [0.717, 1.165) is 11.8 Å². The molecule has 0 spiro atoms. The van der Waals surface area contributed by atoms with E-state index in [1.807, 2.05) is 25.7 Å². The van der Waals surface area contributed by atoms with Gasteiger partial charge in [-0.15, -0.1) is 0 Å². The van der Waals surface area contributed by atoms with Crippen LogP contribution in [-0.2, 0) is 27.2 Å². The van der Waals surface area contributed by atoms with E-state index in [1.165, 1.54) is 12.4 Å². The predicted octanol–water partition coefficient (Wildman–Crippen LogP) is 3.14. The monoisotopic (exact) mass is 547 g/mol. The van der Waals surface area contributed by atoms with Gasteiger partial charge in [-0.1, -0.05) is 13.8 Å². The topological polar surface area (TPSA) is 106 Å². The van der Waals surface area contributed by atoms with Crippen molar-refractivity contribution in [1.82, 2.24) is 19.9 Å². The molecule has 2 fully saturated rings. The van der Waals surface area contributed by atoms with Crippen molar-refractivity contribution in [3.63, 3.8) is 0 Å². The summed E-state index contributed by atoms with van der Waals surface area (Å²) in [5, 5.41) is 9.35. The Morgan fingerprint density at radius 3 is 2.47 bits per heavy atom. The van der Waals surface area contributed by atoms with Crippen molar-refractivity contribution in [2.75, 3.05) is 41.7 Å². The van der Waals surface area contributed by atoms with Gasteiger partial charge < -0.3 is 14.7 Å². The van der Waals surface area contributed by atoms with Crippen LogP contribution < -0.4 is 9.80 Å². The second-order valence-electron chi connectivity index (χ2n) is 10.9. The Kier molecular flexibility index (Phi) is 6.17. The van der Waals surface area contributed by atoms with Gasteiger partial charge in [0.05, 0.1) is 17.4 Å². The number of piperazine rings is 1. The quantitative estimate of drug-likeness (QED) is 0.577. The van der Waals surface area contributed by atoms with Gasteiger partial charge in [0.2, 0.25) is 5.91 Å². The lowest BCUT2D eigenvalue weighted by Crippen LogP contribution is -2.63. The molecule has 0 aromatic carbocycles. The van der Waals surface area contributed by atoms with E-state index in [-0.39, 0.29) is 11.9 Å². The fraction of sp³-hybridized carbons (Fsp3) is 0.560. The van der Waals surface area contributed by atoms with Gasteiger partial charge in [-0.2, -0.15) is 18.4 Å². The number of alkyl halides is 3. The summed E-state index contributed by atoms with van der Waals surface area (Å²) in [5.74, 6) is 1.74. The van der Waals surface area contributed by atoms with Crippen LogP contribution in [0.5, 0.6) is 0 Å². The summed E-state index contributed by atoms with van der Waals surface area (Å²) in [6.45, 7) is 9.68. The number of carbonyl (C=O) groups is 1. The maximum atomic E-state index is 13.3. The van der Waals surface area contributed by atoms with Crippen molar-refractivity contribution < 1.29 is 22.2 Å². The SMILES string of the molecule is CC1CN(c2ncnc3c2C(C)(C)CN3c2cnc(C(F)(F)F)c(C#N)c2)CCN1C(=O)[C@]1(C)CCS1=O. The van der Waals surface area contributed by atoms with Gasteiger partial charge in [-0.25, -0.2) is 15.0 Å². The zero-order valence-corrected chi connectivity index (χ0v) is 22.4. The standard InChI is InChI=1S/C25H28F3N7O2S/c1-15-12-33(6-7-34(15)22(36)24(4)5-8-38(24)37)20-18-21(32-14-31-20)35(13-23(18,2)3)17-9-16(10-29)19(30-11-17)25(26,27)28/h9,11,14-15H,5-8,12-13H2,1-4H3/t15?,24-,38?/m0/s1. The zero-order valence-electron chi connectivity index (χ0n) is 21.5. The third kappa shape index (κ3) is 4.09. The van der Waals surface area contributed by atoms with Crippen LogP contribution in [0.15, 0.2) is 18.6 Å². The molecule has 5 heterocycles. The van der Waals surface area contributed by atoms with E-state index in [0.29, 0.717) is 55.7 Å². The summed E-state index contributed by atoms with van der Waals surface area (Å²) in [6, 6.07) is 2.68. The molecule has 3 atom stereocenters. The van der Waals surface area contributed by atoms with Crippen molar-refractivity contribution in [3.05, 3.63) is 35.4 Å². The summed E-state index contributed by atoms with van der Waals surface area (Å²) in [7, 11) is -1.15. The Balaban J connectivity index is 1.45. The molecule has 5 rings (SSSR count). The predicted molar refractivity (Wildman–Crippen MR) is 135 cm³/mol. The molecule has 1 amide bonds. The van der Waals surface area contributed by atoms with Crippen molar-refractivity contribution >= 4 is 34.0 Å². The molecule has 3 aliphatic heterocycles. The molecular weight excluding hydrogens is 519 g/mol. The molecule has 9 nitrogen and oxygen atoms in total. The van der Waals surface area contributed by atoms with E-state index >= 15 is 0 Å². The summed E-state index contributed by atoms with van der Waals surface area (Å²) >= 11 is 0. The van der Waals surface area contributed by atoms with E-state index in [4.69, 9.17) is 0 Å². The molecular formula is C25H28F3N7O2S. The minimum Gasteiger partial charge on any atom is -0.352 e. The number of pyridine rings is 1. The van der Waals surface area contributed by atoms with Crippen molar-refractivity contribution in [1.29, 1.82) is 5.26 Å². The molecule has 0 bridgehead atoms. The number of nitriles is 1. The van der Waals surface area contributed by atoms with Gasteiger partial charge in [-0.05, 0) is 26.3 Å². The number of carbonyl (C=O) groups excluding carboxylic acids is 1. The normalized spacial score (nSPS) is 26.5. The number of hydrogen-bond donors (Lipinski definition) is 0. The number of amides is 1. The maximum Gasteiger partial charge on any atom is 0.434 e. The van der Waals surface area contributed by atoms with Crippen LogP contribution in [0, 0.1) is 11.3 Å². The van der Waals surface area contributed by atoms with Crippen molar-refractivity contribution in [3.8, 4) is 6.07 Å². The van der Waals surface area contributed by atoms with Crippen LogP contribution in [0.3, 0.4) is 0 Å². The molecule has 2 unspecified atom stereocenters. The lowest BCUT2D eigenvalue weighted by Gasteiger charge is -2.46. The van der Waals surface area contributed by atoms with Gasteiger partial charge in [0.15, 0.2) is 5.69 Å². The van der Waals surface area contributed by atoms with E-state index in [1.54, 1.807) is 17.9 Å². The number of halogens is 3. The molecule has 0 aliphatic carbocycles. The highest BCUT2D eigenvalue weighted by molar-refractivity contribution is 7.88. The van der Waals surface area contributed by atoms with Gasteiger partial charge in [-0.3, -0.25) is 9.00 Å². The van der Waals surface area contributed by atoms with Crippen LogP contribution in [-0.4, -0.2) is 72.7 Å². The van der Waals surface area contributed by atoms with Crippen molar-refractivity contribution in [2.24, 2.45) is 0 Å². The van der Waals surface area contributed by atoms with Crippen molar-refractivity contribution in [2.45, 2.75) is 56.5 Å². The van der Waals surface area contributed by atoms with Crippen LogP contribution in [0.4, 0.5) is 30.5 Å². The Labute approximate surface area is 221 Å². The summed E-state index contributed by atoms with van der Waals surface area (Å²) in [5.41, 5.74) is -1.04. The fourth-order valence-electron chi connectivity index (χ4n) is 5.54. The molecule has 2 saturated heterocycles. The summed E-state index contributed by atoms with van der Waals surface area (Å²) < 4.78 is 51.3. The molecule has 2 aromatic heterocycles. The van der Waals surface area contributed by atoms with Gasteiger partial charge in [0.1, 0.15) is 28.8 Å². The highest BCUT2D eigenvalue weighted by Crippen LogP contribution is 2.47. The van der Waals surface area contributed by atoms with Crippen LogP contribution in [0.2, 0.25) is 0 Å². The first-order valence-corrected chi connectivity index (χ1v) is 13.6. The molecule has 13 heteroatoms. The largest absolute Gasteiger partial charge is 0.434 e. The Bertz CT molecular complexity index is 1380. The Morgan fingerprint density at radius 2 is 1.89 bits per heavy atom. The maximum absolute atomic E-state index is 13.3. The minimum atomic E-state index is -4.73. The Hall–Kier alpha value is -3.27. The molecule has 0 N–H and O–H groups in total. The molecule has 0 saturated carbocycles. The van der Waals surface area contributed by atoms with Gasteiger partial charge in [0, 0.05) is 59.8 Å². The number of nitrogens with zero attached hydrogens (tertiary/aromatic N) is 7. The van der Waals surface area contributed by atoms with E-state index < -0.39 is 38.4 Å². The third-order valence-corrected chi connectivity index (χ3v) is 9.73. The van der Waals surface area contributed by atoms with E-state index in [9.17, 15) is 27.4 Å². The second-order valence-corrected chi connectivity index (χ2v) is 12.9.